The minimum atomic E-state index is -0.203. The van der Waals surface area contributed by atoms with Gasteiger partial charge in [-0.25, -0.2) is 14.4 Å². The van der Waals surface area contributed by atoms with Crippen molar-refractivity contribution in [1.29, 1.82) is 0 Å². The average molecular weight is 287 g/mol. The van der Waals surface area contributed by atoms with Crippen LogP contribution in [-0.2, 0) is 6.42 Å². The summed E-state index contributed by atoms with van der Waals surface area (Å²) in [6, 6.07) is 7.11. The average Bonchev–Trinajstić information content (AvgIpc) is 2.48. The van der Waals surface area contributed by atoms with E-state index in [9.17, 15) is 4.39 Å². The molecule has 0 aliphatic carbocycles. The SMILES string of the molecule is CCCNc1cc(-c2ccc(C)c(F)c2)nc(CCC)n1. The van der Waals surface area contributed by atoms with Crippen molar-refractivity contribution in [3.05, 3.63) is 41.5 Å². The topological polar surface area (TPSA) is 37.8 Å². The lowest BCUT2D eigenvalue weighted by molar-refractivity contribution is 0.619. The molecule has 2 rings (SSSR count). The van der Waals surface area contributed by atoms with Crippen molar-refractivity contribution < 1.29 is 4.39 Å². The lowest BCUT2D eigenvalue weighted by Gasteiger charge is -2.10. The van der Waals surface area contributed by atoms with E-state index in [1.807, 2.05) is 12.1 Å². The highest BCUT2D eigenvalue weighted by atomic mass is 19.1. The van der Waals surface area contributed by atoms with Crippen molar-refractivity contribution in [1.82, 2.24) is 9.97 Å². The van der Waals surface area contributed by atoms with Crippen molar-refractivity contribution in [3.8, 4) is 11.3 Å². The summed E-state index contributed by atoms with van der Waals surface area (Å²) in [5.41, 5.74) is 2.20. The molecule has 0 bridgehead atoms. The molecule has 0 spiro atoms. The zero-order chi connectivity index (χ0) is 15.2. The van der Waals surface area contributed by atoms with Crippen molar-refractivity contribution in [3.63, 3.8) is 0 Å². The number of aromatic nitrogens is 2. The molecule has 112 valence electrons. The van der Waals surface area contributed by atoms with Crippen molar-refractivity contribution in [2.24, 2.45) is 0 Å². The molecule has 0 aliphatic rings. The predicted molar refractivity (Wildman–Crippen MR) is 84.9 cm³/mol. The van der Waals surface area contributed by atoms with Crippen LogP contribution < -0.4 is 5.32 Å². The first-order chi connectivity index (χ1) is 10.1. The molecule has 0 atom stereocenters. The van der Waals surface area contributed by atoms with Crippen molar-refractivity contribution in [2.75, 3.05) is 11.9 Å². The number of benzene rings is 1. The number of hydrogen-bond acceptors (Lipinski definition) is 3. The lowest BCUT2D eigenvalue weighted by atomic mass is 10.1. The smallest absolute Gasteiger partial charge is 0.131 e. The Bertz CT molecular complexity index is 611. The van der Waals surface area contributed by atoms with Crippen LogP contribution in [0.5, 0.6) is 0 Å². The number of halogens is 1. The van der Waals surface area contributed by atoms with E-state index >= 15 is 0 Å². The van der Waals surface area contributed by atoms with Gasteiger partial charge in [0.15, 0.2) is 0 Å². The first kappa shape index (κ1) is 15.4. The van der Waals surface area contributed by atoms with Gasteiger partial charge in [0.05, 0.1) is 5.69 Å². The molecule has 0 unspecified atom stereocenters. The number of rotatable bonds is 6. The molecule has 0 radical (unpaired) electrons. The van der Waals surface area contributed by atoms with Gasteiger partial charge >= 0.3 is 0 Å². The van der Waals surface area contributed by atoms with Crippen LogP contribution in [0.4, 0.5) is 10.2 Å². The highest BCUT2D eigenvalue weighted by molar-refractivity contribution is 5.63. The summed E-state index contributed by atoms with van der Waals surface area (Å²) < 4.78 is 13.8. The third-order valence-corrected chi connectivity index (χ3v) is 3.27. The summed E-state index contributed by atoms with van der Waals surface area (Å²) >= 11 is 0. The number of aryl methyl sites for hydroxylation is 2. The van der Waals surface area contributed by atoms with Gasteiger partial charge < -0.3 is 5.32 Å². The van der Waals surface area contributed by atoms with Gasteiger partial charge in [0.1, 0.15) is 17.5 Å². The van der Waals surface area contributed by atoms with Gasteiger partial charge in [0.25, 0.3) is 0 Å². The van der Waals surface area contributed by atoms with Crippen LogP contribution in [0.15, 0.2) is 24.3 Å². The van der Waals surface area contributed by atoms with E-state index in [0.717, 1.165) is 48.7 Å². The highest BCUT2D eigenvalue weighted by Crippen LogP contribution is 2.22. The summed E-state index contributed by atoms with van der Waals surface area (Å²) in [6.45, 7) is 6.83. The minimum Gasteiger partial charge on any atom is -0.370 e. The molecule has 1 heterocycles. The Hall–Kier alpha value is -1.97. The van der Waals surface area contributed by atoms with E-state index in [4.69, 9.17) is 0 Å². The van der Waals surface area contributed by atoms with Gasteiger partial charge in [-0.2, -0.15) is 0 Å². The van der Waals surface area contributed by atoms with Crippen LogP contribution in [0.1, 0.15) is 38.1 Å². The molecule has 0 fully saturated rings. The van der Waals surface area contributed by atoms with Gasteiger partial charge in [-0.3, -0.25) is 0 Å². The second-order valence-electron chi connectivity index (χ2n) is 5.20. The van der Waals surface area contributed by atoms with Gasteiger partial charge in [-0.05, 0) is 31.4 Å². The van der Waals surface area contributed by atoms with Crippen LogP contribution in [0.3, 0.4) is 0 Å². The molecule has 1 N–H and O–H groups in total. The zero-order valence-corrected chi connectivity index (χ0v) is 12.9. The third kappa shape index (κ3) is 4.00. The number of nitrogens with zero attached hydrogens (tertiary/aromatic N) is 2. The molecule has 0 saturated carbocycles. The number of hydrogen-bond donors (Lipinski definition) is 1. The molecule has 2 aromatic rings. The molecule has 0 amide bonds. The molecule has 21 heavy (non-hydrogen) atoms. The fourth-order valence-corrected chi connectivity index (χ4v) is 2.08. The quantitative estimate of drug-likeness (QED) is 0.857. The number of nitrogens with one attached hydrogen (secondary N) is 1. The van der Waals surface area contributed by atoms with Crippen LogP contribution in [-0.4, -0.2) is 16.5 Å². The van der Waals surface area contributed by atoms with Crippen LogP contribution in [0.2, 0.25) is 0 Å². The third-order valence-electron chi connectivity index (χ3n) is 3.27. The Morgan fingerprint density at radius 3 is 2.57 bits per heavy atom. The highest BCUT2D eigenvalue weighted by Gasteiger charge is 2.08. The molecule has 4 heteroatoms. The molecular weight excluding hydrogens is 265 g/mol. The van der Waals surface area contributed by atoms with E-state index in [1.165, 1.54) is 6.07 Å². The van der Waals surface area contributed by atoms with Crippen LogP contribution >= 0.6 is 0 Å². The molecule has 0 aliphatic heterocycles. The van der Waals surface area contributed by atoms with E-state index < -0.39 is 0 Å². The molecule has 1 aromatic heterocycles. The maximum atomic E-state index is 13.8. The minimum absolute atomic E-state index is 0.203. The largest absolute Gasteiger partial charge is 0.370 e. The van der Waals surface area contributed by atoms with E-state index in [0.29, 0.717) is 5.56 Å². The maximum absolute atomic E-state index is 13.8. The fourth-order valence-electron chi connectivity index (χ4n) is 2.08. The second-order valence-corrected chi connectivity index (χ2v) is 5.20. The molecule has 3 nitrogen and oxygen atoms in total. The van der Waals surface area contributed by atoms with Crippen molar-refractivity contribution in [2.45, 2.75) is 40.0 Å². The normalized spacial score (nSPS) is 10.7. The lowest BCUT2D eigenvalue weighted by Crippen LogP contribution is -2.06. The summed E-state index contributed by atoms with van der Waals surface area (Å²) in [5, 5.41) is 3.28. The zero-order valence-electron chi connectivity index (χ0n) is 12.9. The molecule has 0 saturated heterocycles. The van der Waals surface area contributed by atoms with Gasteiger partial charge in [0, 0.05) is 24.6 Å². The Morgan fingerprint density at radius 2 is 1.90 bits per heavy atom. The van der Waals surface area contributed by atoms with Crippen LogP contribution in [0.25, 0.3) is 11.3 Å². The standard InChI is InChI=1S/C17H22FN3/c1-4-6-16-20-15(11-17(21-16)19-9-5-2)13-8-7-12(3)14(18)10-13/h7-8,10-11H,4-6,9H2,1-3H3,(H,19,20,21). The second kappa shape index (κ2) is 7.16. The van der Waals surface area contributed by atoms with Gasteiger partial charge in [-0.15, -0.1) is 0 Å². The fraction of sp³-hybridized carbons (Fsp3) is 0.412. The Kier molecular flexibility index (Phi) is 5.26. The first-order valence-corrected chi connectivity index (χ1v) is 7.52. The Balaban J connectivity index is 2.40. The summed E-state index contributed by atoms with van der Waals surface area (Å²) in [5.74, 6) is 1.41. The van der Waals surface area contributed by atoms with E-state index in [1.54, 1.807) is 13.0 Å². The Labute approximate surface area is 125 Å². The van der Waals surface area contributed by atoms with Crippen molar-refractivity contribution >= 4 is 5.82 Å². The monoisotopic (exact) mass is 287 g/mol. The first-order valence-electron chi connectivity index (χ1n) is 7.52. The van der Waals surface area contributed by atoms with Gasteiger partial charge in [-0.1, -0.05) is 26.0 Å². The van der Waals surface area contributed by atoms with E-state index in [-0.39, 0.29) is 5.82 Å². The molecular formula is C17H22FN3. The number of anilines is 1. The van der Waals surface area contributed by atoms with Gasteiger partial charge in [0.2, 0.25) is 0 Å². The summed E-state index contributed by atoms with van der Waals surface area (Å²) in [6.07, 6.45) is 2.84. The maximum Gasteiger partial charge on any atom is 0.131 e. The van der Waals surface area contributed by atoms with E-state index in [2.05, 4.69) is 29.1 Å². The summed E-state index contributed by atoms with van der Waals surface area (Å²) in [7, 11) is 0. The Morgan fingerprint density at radius 1 is 1.10 bits per heavy atom. The molecule has 1 aromatic carbocycles. The predicted octanol–water partition coefficient (Wildman–Crippen LogP) is 4.37. The summed E-state index contributed by atoms with van der Waals surface area (Å²) in [4.78, 5) is 9.06. The van der Waals surface area contributed by atoms with Crippen LogP contribution in [0, 0.1) is 12.7 Å².